The lowest BCUT2D eigenvalue weighted by Crippen LogP contribution is -2.53. The first-order chi connectivity index (χ1) is 15.5. The van der Waals surface area contributed by atoms with Crippen molar-refractivity contribution in [2.45, 2.75) is 57.9 Å². The predicted octanol–water partition coefficient (Wildman–Crippen LogP) is 3.05. The molecular formula is C25H33N5O2. The topological polar surface area (TPSA) is 71.3 Å². The number of carbonyl (C=O) groups excluding carboxylic acids is 2. The Morgan fingerprint density at radius 1 is 1.25 bits per heavy atom. The van der Waals surface area contributed by atoms with Crippen LogP contribution in [-0.4, -0.2) is 62.3 Å². The van der Waals surface area contributed by atoms with Crippen LogP contribution < -0.4 is 0 Å². The van der Waals surface area contributed by atoms with Crippen molar-refractivity contribution in [2.24, 2.45) is 11.3 Å². The second-order valence-corrected chi connectivity index (χ2v) is 10.1. The highest BCUT2D eigenvalue weighted by Crippen LogP contribution is 2.49. The minimum absolute atomic E-state index is 0.0426. The highest BCUT2D eigenvalue weighted by atomic mass is 16.2. The molecule has 0 N–H and O–H groups in total. The molecule has 0 aromatic carbocycles. The van der Waals surface area contributed by atoms with Crippen molar-refractivity contribution in [1.29, 1.82) is 0 Å². The largest absolute Gasteiger partial charge is 0.342 e. The molecule has 3 aliphatic rings. The van der Waals surface area contributed by atoms with Crippen LogP contribution in [0.25, 0.3) is 0 Å². The van der Waals surface area contributed by atoms with E-state index in [1.807, 2.05) is 29.4 Å². The van der Waals surface area contributed by atoms with Gasteiger partial charge in [-0.15, -0.1) is 0 Å². The number of hydrogen-bond acceptors (Lipinski definition) is 4. The van der Waals surface area contributed by atoms with E-state index in [2.05, 4.69) is 34.5 Å². The Morgan fingerprint density at radius 3 is 2.78 bits per heavy atom. The summed E-state index contributed by atoms with van der Waals surface area (Å²) in [6.07, 6.45) is 10.2. The molecule has 0 radical (unpaired) electrons. The van der Waals surface area contributed by atoms with Crippen molar-refractivity contribution in [1.82, 2.24) is 24.3 Å². The Bertz CT molecular complexity index is 983. The SMILES string of the molecule is CC(C)n1cnc([C@H]2CN(C(=O)Cc3ccccn3)C[C@]23CCCN(CC2CC2)C3=O)c1. The van der Waals surface area contributed by atoms with E-state index in [4.69, 9.17) is 4.98 Å². The molecule has 7 heteroatoms. The second-order valence-electron chi connectivity index (χ2n) is 10.1. The van der Waals surface area contributed by atoms with E-state index >= 15 is 0 Å². The lowest BCUT2D eigenvalue weighted by molar-refractivity contribution is -0.147. The van der Waals surface area contributed by atoms with Gasteiger partial charge in [0.05, 0.1) is 23.9 Å². The third kappa shape index (κ3) is 3.93. The maximum atomic E-state index is 13.9. The Balaban J connectivity index is 1.44. The van der Waals surface area contributed by atoms with E-state index in [1.165, 1.54) is 12.8 Å². The Hall–Kier alpha value is -2.70. The molecule has 0 bridgehead atoms. The smallest absolute Gasteiger partial charge is 0.231 e. The second kappa shape index (κ2) is 8.34. The monoisotopic (exact) mass is 435 g/mol. The summed E-state index contributed by atoms with van der Waals surface area (Å²) < 4.78 is 2.09. The first-order valence-electron chi connectivity index (χ1n) is 12.0. The van der Waals surface area contributed by atoms with Crippen LogP contribution in [-0.2, 0) is 16.0 Å². The van der Waals surface area contributed by atoms with Crippen LogP contribution in [0.3, 0.4) is 0 Å². The van der Waals surface area contributed by atoms with Crippen molar-refractivity contribution < 1.29 is 9.59 Å². The summed E-state index contributed by atoms with van der Waals surface area (Å²) in [7, 11) is 0. The molecule has 2 aromatic heterocycles. The summed E-state index contributed by atoms with van der Waals surface area (Å²) in [6, 6.07) is 5.95. The van der Waals surface area contributed by atoms with E-state index in [1.54, 1.807) is 6.20 Å². The van der Waals surface area contributed by atoms with Gasteiger partial charge in [-0.2, -0.15) is 0 Å². The number of rotatable bonds is 6. The minimum atomic E-state index is -0.566. The van der Waals surface area contributed by atoms with Crippen molar-refractivity contribution in [3.05, 3.63) is 48.3 Å². The molecule has 3 fully saturated rings. The molecule has 1 saturated carbocycles. The number of carbonyl (C=O) groups is 2. The molecule has 32 heavy (non-hydrogen) atoms. The third-order valence-electron chi connectivity index (χ3n) is 7.47. The zero-order valence-corrected chi connectivity index (χ0v) is 19.1. The highest BCUT2D eigenvalue weighted by Gasteiger charge is 2.57. The van der Waals surface area contributed by atoms with Crippen molar-refractivity contribution in [2.75, 3.05) is 26.2 Å². The normalized spacial score (nSPS) is 25.8. The lowest BCUT2D eigenvalue weighted by atomic mass is 9.70. The fourth-order valence-electron chi connectivity index (χ4n) is 5.43. The molecule has 2 aromatic rings. The average Bonchev–Trinajstić information content (AvgIpc) is 3.31. The molecule has 2 amide bonds. The Labute approximate surface area is 189 Å². The van der Waals surface area contributed by atoms with Crippen LogP contribution in [0.4, 0.5) is 0 Å². The number of aromatic nitrogens is 3. The van der Waals surface area contributed by atoms with E-state index < -0.39 is 5.41 Å². The van der Waals surface area contributed by atoms with E-state index in [0.29, 0.717) is 25.0 Å². The maximum absolute atomic E-state index is 13.9. The zero-order chi connectivity index (χ0) is 22.3. The fraction of sp³-hybridized carbons (Fsp3) is 0.600. The predicted molar refractivity (Wildman–Crippen MR) is 121 cm³/mol. The van der Waals surface area contributed by atoms with E-state index in [9.17, 15) is 9.59 Å². The van der Waals surface area contributed by atoms with Crippen LogP contribution in [0.1, 0.15) is 62.9 Å². The van der Waals surface area contributed by atoms with E-state index in [0.717, 1.165) is 37.3 Å². The molecule has 170 valence electrons. The van der Waals surface area contributed by atoms with Gasteiger partial charge in [0.2, 0.25) is 11.8 Å². The zero-order valence-electron chi connectivity index (χ0n) is 19.1. The van der Waals surface area contributed by atoms with Gasteiger partial charge in [-0.1, -0.05) is 6.07 Å². The number of likely N-dealkylation sites (tertiary alicyclic amines) is 2. The van der Waals surface area contributed by atoms with Crippen LogP contribution >= 0.6 is 0 Å². The van der Waals surface area contributed by atoms with Crippen LogP contribution in [0, 0.1) is 11.3 Å². The summed E-state index contributed by atoms with van der Waals surface area (Å²) in [5, 5.41) is 0. The van der Waals surface area contributed by atoms with Gasteiger partial charge in [0.25, 0.3) is 0 Å². The molecule has 5 rings (SSSR count). The molecule has 1 aliphatic carbocycles. The summed E-state index contributed by atoms with van der Waals surface area (Å²) >= 11 is 0. The lowest BCUT2D eigenvalue weighted by Gasteiger charge is -2.42. The number of amides is 2. The summed E-state index contributed by atoms with van der Waals surface area (Å²) in [5.41, 5.74) is 1.14. The first-order valence-corrected chi connectivity index (χ1v) is 12.0. The van der Waals surface area contributed by atoms with Gasteiger partial charge in [-0.05, 0) is 57.6 Å². The molecule has 7 nitrogen and oxygen atoms in total. The van der Waals surface area contributed by atoms with E-state index in [-0.39, 0.29) is 24.2 Å². The molecule has 4 heterocycles. The van der Waals surface area contributed by atoms with Crippen LogP contribution in [0.2, 0.25) is 0 Å². The number of hydrogen-bond donors (Lipinski definition) is 0. The minimum Gasteiger partial charge on any atom is -0.342 e. The summed E-state index contributed by atoms with van der Waals surface area (Å²) in [4.78, 5) is 40.2. The number of pyridine rings is 1. The molecule has 0 unspecified atom stereocenters. The third-order valence-corrected chi connectivity index (χ3v) is 7.47. The van der Waals surface area contributed by atoms with Gasteiger partial charge < -0.3 is 14.4 Å². The Kier molecular flexibility index (Phi) is 5.51. The first kappa shape index (κ1) is 21.2. The molecule has 2 saturated heterocycles. The maximum Gasteiger partial charge on any atom is 0.231 e. The standard InChI is InChI=1S/C25H33N5O2/c1-18(2)30-15-22(27-17-30)21-14-29(23(31)12-20-6-3-4-10-26-20)16-25(21)9-5-11-28(24(25)32)13-19-7-8-19/h3-4,6,10,15,17-19,21H,5,7-9,11-14,16H2,1-2H3/t21-,25-/m1/s1. The Morgan fingerprint density at radius 2 is 2.09 bits per heavy atom. The number of imidazole rings is 1. The van der Waals surface area contributed by atoms with Gasteiger partial charge in [-0.3, -0.25) is 14.6 Å². The number of piperidine rings is 1. The van der Waals surface area contributed by atoms with Gasteiger partial charge in [0.15, 0.2) is 0 Å². The van der Waals surface area contributed by atoms with Crippen LogP contribution in [0.5, 0.6) is 0 Å². The van der Waals surface area contributed by atoms with Gasteiger partial charge >= 0.3 is 0 Å². The van der Waals surface area contributed by atoms with Gasteiger partial charge in [-0.25, -0.2) is 4.98 Å². The molecule has 2 aliphatic heterocycles. The van der Waals surface area contributed by atoms with Gasteiger partial charge in [0, 0.05) is 56.2 Å². The van der Waals surface area contributed by atoms with Gasteiger partial charge in [0.1, 0.15) is 0 Å². The summed E-state index contributed by atoms with van der Waals surface area (Å²) in [6.45, 7) is 6.99. The fourth-order valence-corrected chi connectivity index (χ4v) is 5.43. The van der Waals surface area contributed by atoms with Crippen molar-refractivity contribution in [3.63, 3.8) is 0 Å². The van der Waals surface area contributed by atoms with Crippen molar-refractivity contribution in [3.8, 4) is 0 Å². The quantitative estimate of drug-likeness (QED) is 0.699. The van der Waals surface area contributed by atoms with Crippen molar-refractivity contribution >= 4 is 11.8 Å². The average molecular weight is 436 g/mol. The molecular weight excluding hydrogens is 402 g/mol. The highest BCUT2D eigenvalue weighted by molar-refractivity contribution is 5.88. The summed E-state index contributed by atoms with van der Waals surface area (Å²) in [5.74, 6) is 0.870. The van der Waals surface area contributed by atoms with Crippen LogP contribution in [0.15, 0.2) is 36.9 Å². The molecule has 1 spiro atoms. The molecule has 2 atom stereocenters. The number of nitrogens with zero attached hydrogens (tertiary/aromatic N) is 5.